The molecule has 0 aromatic rings. The van der Waals surface area contributed by atoms with Crippen LogP contribution in [0.3, 0.4) is 0 Å². The van der Waals surface area contributed by atoms with Gasteiger partial charge in [0, 0.05) is 6.54 Å². The van der Waals surface area contributed by atoms with Crippen molar-refractivity contribution in [3.05, 3.63) is 0 Å². The zero-order valence-electron chi connectivity index (χ0n) is 10.2. The van der Waals surface area contributed by atoms with E-state index in [0.717, 1.165) is 4.90 Å². The van der Waals surface area contributed by atoms with Crippen LogP contribution in [0.5, 0.6) is 0 Å². The second-order valence-electron chi connectivity index (χ2n) is 4.53. The van der Waals surface area contributed by atoms with Gasteiger partial charge in [0.15, 0.2) is 0 Å². The summed E-state index contributed by atoms with van der Waals surface area (Å²) < 4.78 is 0. The Kier molecular flexibility index (Phi) is 4.30. The fourth-order valence-electron chi connectivity index (χ4n) is 1.55. The minimum atomic E-state index is -0.982. The number of nitrogens with zero attached hydrogens (tertiary/aromatic N) is 1. The number of nitrogens with two attached hydrogens (primary N) is 2. The Bertz CT molecular complexity index is 402. The van der Waals surface area contributed by atoms with Crippen LogP contribution in [-0.4, -0.2) is 53.5 Å². The number of urea groups is 1. The Morgan fingerprint density at radius 2 is 1.58 bits per heavy atom. The molecule has 1 aliphatic carbocycles. The molecule has 0 bridgehead atoms. The second-order valence-corrected chi connectivity index (χ2v) is 4.53. The number of hydrogen-bond donors (Lipinski definition) is 4. The summed E-state index contributed by atoms with van der Waals surface area (Å²) in [6.07, 6.45) is 0.961. The van der Waals surface area contributed by atoms with Crippen LogP contribution in [0.25, 0.3) is 0 Å². The molecule has 0 saturated heterocycles. The van der Waals surface area contributed by atoms with Crippen LogP contribution in [0.1, 0.15) is 12.8 Å². The Labute approximate surface area is 108 Å². The predicted octanol–water partition coefficient (Wildman–Crippen LogP) is -2.17. The summed E-state index contributed by atoms with van der Waals surface area (Å²) in [6.45, 7) is -0.987. The molecule has 0 heterocycles. The van der Waals surface area contributed by atoms with E-state index >= 15 is 0 Å². The highest BCUT2D eigenvalue weighted by Crippen LogP contribution is 2.45. The number of carboxylic acids is 1. The monoisotopic (exact) mass is 272 g/mol. The number of primary amides is 2. The molecule has 9 heteroatoms. The van der Waals surface area contributed by atoms with E-state index < -0.39 is 42.3 Å². The van der Waals surface area contributed by atoms with Crippen molar-refractivity contribution in [3.63, 3.8) is 0 Å². The standard InChI is InChI=1S/C10H16N4O5/c11-6(15)3-14(4-7(12)16)9(19)13-5-10(1-2-10)8(17)18/h1-5H2,(H2,11,15)(H2,12,16)(H,13,19)(H,17,18). The molecule has 9 nitrogen and oxygen atoms in total. The van der Waals surface area contributed by atoms with Gasteiger partial charge in [-0.2, -0.15) is 0 Å². The summed E-state index contributed by atoms with van der Waals surface area (Å²) in [7, 11) is 0. The van der Waals surface area contributed by atoms with E-state index in [9.17, 15) is 19.2 Å². The van der Waals surface area contributed by atoms with Crippen molar-refractivity contribution in [1.82, 2.24) is 10.2 Å². The second kappa shape index (κ2) is 5.55. The maximum Gasteiger partial charge on any atom is 0.318 e. The number of carbonyl (C=O) groups excluding carboxylic acids is 3. The van der Waals surface area contributed by atoms with Gasteiger partial charge in [-0.1, -0.05) is 0 Å². The molecule has 0 atom stereocenters. The van der Waals surface area contributed by atoms with Gasteiger partial charge in [0.2, 0.25) is 11.8 Å². The summed E-state index contributed by atoms with van der Waals surface area (Å²) in [5.41, 5.74) is 8.96. The van der Waals surface area contributed by atoms with Gasteiger partial charge in [-0.05, 0) is 12.8 Å². The van der Waals surface area contributed by atoms with Crippen molar-refractivity contribution in [2.75, 3.05) is 19.6 Å². The minimum absolute atomic E-state index is 0.0603. The van der Waals surface area contributed by atoms with Crippen molar-refractivity contribution in [1.29, 1.82) is 0 Å². The highest BCUT2D eigenvalue weighted by Gasteiger charge is 2.50. The van der Waals surface area contributed by atoms with Crippen LogP contribution in [-0.2, 0) is 14.4 Å². The van der Waals surface area contributed by atoms with Gasteiger partial charge >= 0.3 is 12.0 Å². The molecule has 4 amide bonds. The highest BCUT2D eigenvalue weighted by molar-refractivity contribution is 5.87. The molecule has 1 saturated carbocycles. The van der Waals surface area contributed by atoms with E-state index in [2.05, 4.69) is 5.32 Å². The first kappa shape index (κ1) is 14.7. The number of hydrogen-bond acceptors (Lipinski definition) is 4. The Morgan fingerprint density at radius 3 is 1.89 bits per heavy atom. The molecule has 0 aromatic carbocycles. The fraction of sp³-hybridized carbons (Fsp3) is 0.600. The van der Waals surface area contributed by atoms with Crippen LogP contribution in [0, 0.1) is 5.41 Å². The number of nitrogens with one attached hydrogen (secondary N) is 1. The summed E-state index contributed by atoms with van der Waals surface area (Å²) in [4.78, 5) is 45.0. The molecule has 1 aliphatic rings. The fourth-order valence-corrected chi connectivity index (χ4v) is 1.55. The van der Waals surface area contributed by atoms with Crippen molar-refractivity contribution < 1.29 is 24.3 Å². The smallest absolute Gasteiger partial charge is 0.318 e. The first-order valence-electron chi connectivity index (χ1n) is 5.59. The van der Waals surface area contributed by atoms with Crippen molar-refractivity contribution >= 4 is 23.8 Å². The molecule has 1 rings (SSSR count). The molecule has 106 valence electrons. The molecular formula is C10H16N4O5. The number of aliphatic carboxylic acids is 1. The lowest BCUT2D eigenvalue weighted by Crippen LogP contribution is -2.49. The summed E-state index contributed by atoms with van der Waals surface area (Å²) in [5, 5.41) is 11.3. The van der Waals surface area contributed by atoms with Gasteiger partial charge in [0.1, 0.15) is 13.1 Å². The Morgan fingerprint density at radius 1 is 1.11 bits per heavy atom. The number of carbonyl (C=O) groups is 4. The zero-order chi connectivity index (χ0) is 14.6. The third-order valence-corrected chi connectivity index (χ3v) is 2.87. The average Bonchev–Trinajstić information content (AvgIpc) is 3.04. The first-order chi connectivity index (χ1) is 8.77. The summed E-state index contributed by atoms with van der Waals surface area (Å²) in [5.74, 6) is -2.57. The minimum Gasteiger partial charge on any atom is -0.481 e. The maximum atomic E-state index is 11.7. The van der Waals surface area contributed by atoms with Crippen molar-refractivity contribution in [3.8, 4) is 0 Å². The molecule has 0 aliphatic heterocycles. The summed E-state index contributed by atoms with van der Waals surface area (Å²) in [6, 6.07) is -0.745. The molecule has 0 unspecified atom stereocenters. The van der Waals surface area contributed by atoms with Crippen LogP contribution in [0.4, 0.5) is 4.79 Å². The Balaban J connectivity index is 2.54. The normalized spacial score (nSPS) is 15.4. The molecule has 0 aromatic heterocycles. The van der Waals surface area contributed by atoms with Gasteiger partial charge in [-0.15, -0.1) is 0 Å². The molecule has 0 spiro atoms. The number of rotatable bonds is 7. The predicted molar refractivity (Wildman–Crippen MR) is 62.7 cm³/mol. The maximum absolute atomic E-state index is 11.7. The lowest BCUT2D eigenvalue weighted by atomic mass is 10.1. The van der Waals surface area contributed by atoms with E-state index in [0.29, 0.717) is 12.8 Å². The van der Waals surface area contributed by atoms with Crippen molar-refractivity contribution in [2.24, 2.45) is 16.9 Å². The summed E-state index contributed by atoms with van der Waals surface area (Å²) >= 11 is 0. The molecule has 19 heavy (non-hydrogen) atoms. The lowest BCUT2D eigenvalue weighted by molar-refractivity contribution is -0.143. The van der Waals surface area contributed by atoms with Crippen LogP contribution in [0.2, 0.25) is 0 Å². The zero-order valence-corrected chi connectivity index (χ0v) is 10.2. The quantitative estimate of drug-likeness (QED) is 0.415. The van der Waals surface area contributed by atoms with E-state index in [-0.39, 0.29) is 6.54 Å². The molecular weight excluding hydrogens is 256 g/mol. The molecule has 6 N–H and O–H groups in total. The van der Waals surface area contributed by atoms with E-state index in [1.165, 1.54) is 0 Å². The molecule has 0 radical (unpaired) electrons. The largest absolute Gasteiger partial charge is 0.481 e. The topological polar surface area (TPSA) is 156 Å². The third-order valence-electron chi connectivity index (χ3n) is 2.87. The van der Waals surface area contributed by atoms with Gasteiger partial charge < -0.3 is 26.8 Å². The Hall–Kier alpha value is -2.32. The van der Waals surface area contributed by atoms with E-state index in [4.69, 9.17) is 16.6 Å². The van der Waals surface area contributed by atoms with Gasteiger partial charge in [0.25, 0.3) is 0 Å². The lowest BCUT2D eigenvalue weighted by Gasteiger charge is -2.21. The van der Waals surface area contributed by atoms with Crippen LogP contribution in [0.15, 0.2) is 0 Å². The first-order valence-corrected chi connectivity index (χ1v) is 5.59. The van der Waals surface area contributed by atoms with Gasteiger partial charge in [0.05, 0.1) is 5.41 Å². The van der Waals surface area contributed by atoms with Crippen LogP contribution >= 0.6 is 0 Å². The highest BCUT2D eigenvalue weighted by atomic mass is 16.4. The number of carboxylic acid groups (broad SMARTS) is 1. The van der Waals surface area contributed by atoms with Crippen LogP contribution < -0.4 is 16.8 Å². The average molecular weight is 272 g/mol. The van der Waals surface area contributed by atoms with E-state index in [1.54, 1.807) is 0 Å². The van der Waals surface area contributed by atoms with E-state index in [1.807, 2.05) is 0 Å². The van der Waals surface area contributed by atoms with Crippen molar-refractivity contribution in [2.45, 2.75) is 12.8 Å². The molecule has 1 fully saturated rings. The SMILES string of the molecule is NC(=O)CN(CC(N)=O)C(=O)NCC1(C(=O)O)CC1. The number of amides is 4. The van der Waals surface area contributed by atoms with Gasteiger partial charge in [-0.25, -0.2) is 4.79 Å². The third kappa shape index (κ3) is 4.12. The van der Waals surface area contributed by atoms with Gasteiger partial charge in [-0.3, -0.25) is 14.4 Å².